The van der Waals surface area contributed by atoms with Crippen LogP contribution in [0.1, 0.15) is 21.7 Å². The second-order valence-electron chi connectivity index (χ2n) is 6.29. The molecule has 0 atom stereocenters. The van der Waals surface area contributed by atoms with Gasteiger partial charge < -0.3 is 10.6 Å². The molecule has 0 aliphatic rings. The zero-order chi connectivity index (χ0) is 22.8. The Morgan fingerprint density at radius 2 is 1.23 bits per heavy atom. The average Bonchev–Trinajstić information content (AvgIpc) is 2.68. The van der Waals surface area contributed by atoms with Crippen molar-refractivity contribution in [1.29, 1.82) is 0 Å². The van der Waals surface area contributed by atoms with Crippen LogP contribution in [-0.2, 0) is 12.4 Å². The molecule has 3 aromatic rings. The van der Waals surface area contributed by atoms with E-state index in [1.54, 1.807) is 12.1 Å². The van der Waals surface area contributed by atoms with Gasteiger partial charge in [0.2, 0.25) is 0 Å². The molecule has 0 bridgehead atoms. The molecule has 1 heterocycles. The van der Waals surface area contributed by atoms with Crippen LogP contribution in [0.3, 0.4) is 0 Å². The molecule has 0 fully saturated rings. The number of hydrogen-bond donors (Lipinski definition) is 2. The first-order chi connectivity index (χ1) is 14.4. The van der Waals surface area contributed by atoms with E-state index >= 15 is 0 Å². The number of alkyl halides is 6. The summed E-state index contributed by atoms with van der Waals surface area (Å²) >= 11 is 5.76. The maximum absolute atomic E-state index is 12.9. The molecular weight excluding hydrogens is 448 g/mol. The predicted octanol–water partition coefficient (Wildman–Crippen LogP) is 6.77. The molecule has 3 rings (SSSR count). The highest BCUT2D eigenvalue weighted by atomic mass is 35.5. The number of nitrogens with zero attached hydrogens (tertiary/aromatic N) is 1. The van der Waals surface area contributed by atoms with Gasteiger partial charge in [0.1, 0.15) is 11.4 Å². The lowest BCUT2D eigenvalue weighted by molar-refractivity contribution is -0.150. The van der Waals surface area contributed by atoms with Crippen LogP contribution < -0.4 is 10.6 Å². The standard InChI is InChI=1S/C20H12ClF6N3O/c21-12-3-1-11(2-4-12)18(31)29-14-7-5-13(6-8-14)28-15-9-16(19(22,23)24)30-17(10-15)20(25,26)27/h1-10H,(H,28,30)(H,29,31). The molecule has 0 saturated carbocycles. The highest BCUT2D eigenvalue weighted by Crippen LogP contribution is 2.35. The molecule has 2 N–H and O–H groups in total. The second-order valence-corrected chi connectivity index (χ2v) is 6.72. The fourth-order valence-electron chi connectivity index (χ4n) is 2.50. The molecule has 0 saturated heterocycles. The Bertz CT molecular complexity index is 1050. The van der Waals surface area contributed by atoms with Crippen LogP contribution >= 0.6 is 11.6 Å². The van der Waals surface area contributed by atoms with Crippen molar-refractivity contribution in [2.45, 2.75) is 12.4 Å². The van der Waals surface area contributed by atoms with Crippen LogP contribution in [-0.4, -0.2) is 10.9 Å². The summed E-state index contributed by atoms with van der Waals surface area (Å²) < 4.78 is 77.4. The zero-order valence-electron chi connectivity index (χ0n) is 15.3. The second kappa shape index (κ2) is 8.46. The lowest BCUT2D eigenvalue weighted by atomic mass is 10.2. The predicted molar refractivity (Wildman–Crippen MR) is 103 cm³/mol. The Morgan fingerprint density at radius 3 is 1.71 bits per heavy atom. The van der Waals surface area contributed by atoms with Crippen molar-refractivity contribution in [2.24, 2.45) is 0 Å². The molecule has 31 heavy (non-hydrogen) atoms. The van der Waals surface area contributed by atoms with Gasteiger partial charge in [0.05, 0.1) is 0 Å². The fourth-order valence-corrected chi connectivity index (χ4v) is 2.63. The third kappa shape index (κ3) is 5.88. The molecule has 0 radical (unpaired) electrons. The minimum atomic E-state index is -5.05. The molecule has 0 aliphatic heterocycles. The van der Waals surface area contributed by atoms with E-state index in [9.17, 15) is 31.1 Å². The van der Waals surface area contributed by atoms with Crippen molar-refractivity contribution in [3.8, 4) is 0 Å². The minimum Gasteiger partial charge on any atom is -0.355 e. The number of rotatable bonds is 4. The van der Waals surface area contributed by atoms with Gasteiger partial charge in [-0.15, -0.1) is 0 Å². The van der Waals surface area contributed by atoms with Crippen LogP contribution in [0.4, 0.5) is 43.4 Å². The third-order valence-corrected chi connectivity index (χ3v) is 4.20. The van der Waals surface area contributed by atoms with E-state index in [4.69, 9.17) is 11.6 Å². The largest absolute Gasteiger partial charge is 0.433 e. The summed E-state index contributed by atoms with van der Waals surface area (Å²) in [6.07, 6.45) is -10.1. The summed E-state index contributed by atoms with van der Waals surface area (Å²) in [6.45, 7) is 0. The van der Waals surface area contributed by atoms with E-state index < -0.39 is 35.3 Å². The summed E-state index contributed by atoms with van der Waals surface area (Å²) in [4.78, 5) is 14.8. The fraction of sp³-hybridized carbons (Fsp3) is 0.100. The average molecular weight is 460 g/mol. The molecule has 0 unspecified atom stereocenters. The first kappa shape index (κ1) is 22.4. The van der Waals surface area contributed by atoms with Gasteiger partial charge in [-0.3, -0.25) is 4.79 Å². The van der Waals surface area contributed by atoms with Crippen molar-refractivity contribution in [3.63, 3.8) is 0 Å². The lowest BCUT2D eigenvalue weighted by Gasteiger charge is -2.14. The number of anilines is 3. The number of pyridine rings is 1. The molecule has 0 aliphatic carbocycles. The Kier molecular flexibility index (Phi) is 6.12. The molecule has 162 valence electrons. The first-order valence-corrected chi connectivity index (χ1v) is 8.90. The van der Waals surface area contributed by atoms with Crippen molar-refractivity contribution in [1.82, 2.24) is 4.98 Å². The number of benzene rings is 2. The van der Waals surface area contributed by atoms with E-state index in [0.717, 1.165) is 0 Å². The lowest BCUT2D eigenvalue weighted by Crippen LogP contribution is -2.15. The van der Waals surface area contributed by atoms with E-state index in [1.165, 1.54) is 36.4 Å². The van der Waals surface area contributed by atoms with Crippen molar-refractivity contribution in [3.05, 3.63) is 82.6 Å². The summed E-state index contributed by atoms with van der Waals surface area (Å²) in [6, 6.07) is 12.7. The Morgan fingerprint density at radius 1 is 0.742 bits per heavy atom. The topological polar surface area (TPSA) is 54.0 Å². The van der Waals surface area contributed by atoms with Gasteiger partial charge in [0.15, 0.2) is 0 Å². The van der Waals surface area contributed by atoms with E-state index in [2.05, 4.69) is 15.6 Å². The number of amides is 1. The zero-order valence-corrected chi connectivity index (χ0v) is 16.0. The van der Waals surface area contributed by atoms with Crippen molar-refractivity contribution in [2.75, 3.05) is 10.6 Å². The quantitative estimate of drug-likeness (QED) is 0.423. The maximum atomic E-state index is 12.9. The van der Waals surface area contributed by atoms with Crippen LogP contribution in [0, 0.1) is 0 Å². The monoisotopic (exact) mass is 459 g/mol. The highest BCUT2D eigenvalue weighted by molar-refractivity contribution is 6.30. The number of aromatic nitrogens is 1. The maximum Gasteiger partial charge on any atom is 0.433 e. The van der Waals surface area contributed by atoms with Crippen molar-refractivity contribution < 1.29 is 31.1 Å². The van der Waals surface area contributed by atoms with E-state index in [1.807, 2.05) is 0 Å². The SMILES string of the molecule is O=C(Nc1ccc(Nc2cc(C(F)(F)F)nc(C(F)(F)F)c2)cc1)c1ccc(Cl)cc1. The number of nitrogens with one attached hydrogen (secondary N) is 2. The number of carbonyl (C=O) groups is 1. The van der Waals surface area contributed by atoms with Gasteiger partial charge in [0, 0.05) is 27.6 Å². The summed E-state index contributed by atoms with van der Waals surface area (Å²) in [5, 5.41) is 5.55. The normalized spacial score (nSPS) is 11.8. The molecule has 0 spiro atoms. The molecule has 2 aromatic carbocycles. The van der Waals surface area contributed by atoms with Gasteiger partial charge in [0.25, 0.3) is 5.91 Å². The number of hydrogen-bond acceptors (Lipinski definition) is 3. The van der Waals surface area contributed by atoms with E-state index in [-0.39, 0.29) is 5.69 Å². The Hall–Kier alpha value is -3.27. The van der Waals surface area contributed by atoms with Gasteiger partial charge in [-0.1, -0.05) is 11.6 Å². The molecule has 4 nitrogen and oxygen atoms in total. The Labute approximate surface area is 176 Å². The van der Waals surface area contributed by atoms with Gasteiger partial charge >= 0.3 is 12.4 Å². The summed E-state index contributed by atoms with van der Waals surface area (Å²) in [5.41, 5.74) is -2.85. The minimum absolute atomic E-state index is 0.206. The van der Waals surface area contributed by atoms with Gasteiger partial charge in [-0.25, -0.2) is 4.98 Å². The van der Waals surface area contributed by atoms with Crippen LogP contribution in [0.25, 0.3) is 0 Å². The van der Waals surface area contributed by atoms with Gasteiger partial charge in [-0.2, -0.15) is 26.3 Å². The van der Waals surface area contributed by atoms with Crippen LogP contribution in [0.2, 0.25) is 5.02 Å². The van der Waals surface area contributed by atoms with Crippen LogP contribution in [0.5, 0.6) is 0 Å². The first-order valence-electron chi connectivity index (χ1n) is 8.52. The molecule has 1 amide bonds. The number of halogens is 7. The third-order valence-electron chi connectivity index (χ3n) is 3.94. The number of carbonyl (C=O) groups excluding carboxylic acids is 1. The Balaban J connectivity index is 1.77. The van der Waals surface area contributed by atoms with E-state index in [0.29, 0.717) is 28.4 Å². The van der Waals surface area contributed by atoms with Crippen molar-refractivity contribution >= 4 is 34.6 Å². The summed E-state index contributed by atoms with van der Waals surface area (Å²) in [5.74, 6) is -0.420. The molecule has 1 aromatic heterocycles. The van der Waals surface area contributed by atoms with Crippen LogP contribution in [0.15, 0.2) is 60.7 Å². The summed E-state index contributed by atoms with van der Waals surface area (Å²) in [7, 11) is 0. The highest BCUT2D eigenvalue weighted by Gasteiger charge is 2.38. The molecule has 11 heteroatoms. The smallest absolute Gasteiger partial charge is 0.355 e. The van der Waals surface area contributed by atoms with Gasteiger partial charge in [-0.05, 0) is 60.7 Å². The molecular formula is C20H12ClF6N3O.